The summed E-state index contributed by atoms with van der Waals surface area (Å²) in [7, 11) is -3.51. The molecule has 5 heteroatoms. The van der Waals surface area contributed by atoms with Gasteiger partial charge in [0.2, 0.25) is 0 Å². The monoisotopic (exact) mass is 262 g/mol. The van der Waals surface area contributed by atoms with E-state index in [1.54, 1.807) is 26.0 Å². The van der Waals surface area contributed by atoms with Gasteiger partial charge in [0.1, 0.15) is 0 Å². The molecule has 0 fully saturated rings. The quantitative estimate of drug-likeness (QED) is 0.904. The fourth-order valence-electron chi connectivity index (χ4n) is 1.49. The summed E-state index contributed by atoms with van der Waals surface area (Å²) in [5.74, 6) is -0.144. The van der Waals surface area contributed by atoms with Crippen LogP contribution in [0.2, 0.25) is 5.02 Å². The van der Waals surface area contributed by atoms with Crippen LogP contribution in [0.15, 0.2) is 29.2 Å². The third kappa shape index (κ3) is 2.75. The highest BCUT2D eigenvalue weighted by molar-refractivity contribution is 7.92. The lowest BCUT2D eigenvalue weighted by molar-refractivity contribution is 0.269. The second-order valence-corrected chi connectivity index (χ2v) is 6.57. The van der Waals surface area contributed by atoms with Crippen molar-refractivity contribution in [2.75, 3.05) is 6.61 Å². The van der Waals surface area contributed by atoms with Gasteiger partial charge < -0.3 is 5.11 Å². The Morgan fingerprint density at radius 1 is 1.38 bits per heavy atom. The Morgan fingerprint density at radius 3 is 2.44 bits per heavy atom. The lowest BCUT2D eigenvalue weighted by Crippen LogP contribution is -2.30. The molecule has 0 radical (unpaired) electrons. The highest BCUT2D eigenvalue weighted by Gasteiger charge is 2.29. The maximum atomic E-state index is 12.1. The number of aliphatic hydroxyl groups excluding tert-OH is 1. The molecule has 1 N–H and O–H groups in total. The van der Waals surface area contributed by atoms with Gasteiger partial charge in [0.15, 0.2) is 9.84 Å². The van der Waals surface area contributed by atoms with E-state index in [0.717, 1.165) is 0 Å². The SMILES string of the molecule is CC(C)C(CO)S(=O)(=O)c1cccc(Cl)c1. The lowest BCUT2D eigenvalue weighted by Gasteiger charge is -2.18. The molecule has 0 aliphatic carbocycles. The molecule has 0 aromatic heterocycles. The number of hydrogen-bond donors (Lipinski definition) is 1. The average Bonchev–Trinajstić information content (AvgIpc) is 2.17. The van der Waals surface area contributed by atoms with E-state index in [0.29, 0.717) is 5.02 Å². The van der Waals surface area contributed by atoms with Crippen LogP contribution in [0.25, 0.3) is 0 Å². The Hall–Kier alpha value is -0.580. The Balaban J connectivity index is 3.20. The summed E-state index contributed by atoms with van der Waals surface area (Å²) in [5, 5.41) is 8.74. The molecule has 0 saturated heterocycles. The molecule has 1 unspecified atom stereocenters. The van der Waals surface area contributed by atoms with Crippen molar-refractivity contribution in [2.24, 2.45) is 5.92 Å². The summed E-state index contributed by atoms with van der Waals surface area (Å²) in [5.41, 5.74) is 0. The number of hydrogen-bond acceptors (Lipinski definition) is 3. The predicted molar refractivity (Wildman–Crippen MR) is 64.3 cm³/mol. The van der Waals surface area contributed by atoms with E-state index in [4.69, 9.17) is 16.7 Å². The highest BCUT2D eigenvalue weighted by atomic mass is 35.5. The van der Waals surface area contributed by atoms with Crippen molar-refractivity contribution >= 4 is 21.4 Å². The van der Waals surface area contributed by atoms with Crippen LogP contribution < -0.4 is 0 Å². The van der Waals surface area contributed by atoms with Crippen LogP contribution in [-0.4, -0.2) is 25.4 Å². The van der Waals surface area contributed by atoms with Gasteiger partial charge in [-0.05, 0) is 24.1 Å². The summed E-state index contributed by atoms with van der Waals surface area (Å²) in [6, 6.07) is 6.10. The molecule has 0 amide bonds. The predicted octanol–water partition coefficient (Wildman–Crippen LogP) is 2.13. The fraction of sp³-hybridized carbons (Fsp3) is 0.455. The molecule has 0 spiro atoms. The molecule has 0 aliphatic heterocycles. The van der Waals surface area contributed by atoms with Crippen LogP contribution in [-0.2, 0) is 9.84 Å². The van der Waals surface area contributed by atoms with Crippen molar-refractivity contribution in [3.8, 4) is 0 Å². The summed E-state index contributed by atoms with van der Waals surface area (Å²) in [6.07, 6.45) is 0. The Labute approximate surface area is 101 Å². The molecule has 16 heavy (non-hydrogen) atoms. The van der Waals surface area contributed by atoms with Crippen LogP contribution in [0.1, 0.15) is 13.8 Å². The molecule has 0 aliphatic rings. The summed E-state index contributed by atoms with van der Waals surface area (Å²) in [4.78, 5) is 0.160. The zero-order valence-corrected chi connectivity index (χ0v) is 10.8. The first-order valence-electron chi connectivity index (χ1n) is 5.00. The van der Waals surface area contributed by atoms with Crippen LogP contribution >= 0.6 is 11.6 Å². The van der Waals surface area contributed by atoms with Gasteiger partial charge in [-0.3, -0.25) is 0 Å². The highest BCUT2D eigenvalue weighted by Crippen LogP contribution is 2.23. The normalized spacial score (nSPS) is 14.1. The van der Waals surface area contributed by atoms with E-state index in [1.165, 1.54) is 12.1 Å². The minimum atomic E-state index is -3.51. The van der Waals surface area contributed by atoms with Crippen molar-refractivity contribution in [3.63, 3.8) is 0 Å². The van der Waals surface area contributed by atoms with E-state index in [2.05, 4.69) is 0 Å². The average molecular weight is 263 g/mol. The molecular formula is C11H15ClO3S. The number of rotatable bonds is 4. The number of benzene rings is 1. The smallest absolute Gasteiger partial charge is 0.183 e. The van der Waals surface area contributed by atoms with Crippen LogP contribution in [0.4, 0.5) is 0 Å². The molecule has 90 valence electrons. The standard InChI is InChI=1S/C11H15ClO3S/c1-8(2)11(7-13)16(14,15)10-5-3-4-9(12)6-10/h3-6,8,11,13H,7H2,1-2H3. The fourth-order valence-corrected chi connectivity index (χ4v) is 3.56. The topological polar surface area (TPSA) is 54.4 Å². The van der Waals surface area contributed by atoms with Crippen molar-refractivity contribution in [1.82, 2.24) is 0 Å². The molecule has 1 atom stereocenters. The minimum Gasteiger partial charge on any atom is -0.395 e. The van der Waals surface area contributed by atoms with Crippen molar-refractivity contribution in [3.05, 3.63) is 29.3 Å². The number of aliphatic hydroxyl groups is 1. The maximum absolute atomic E-state index is 12.1. The molecule has 1 aromatic rings. The van der Waals surface area contributed by atoms with Gasteiger partial charge in [0.05, 0.1) is 16.8 Å². The Morgan fingerprint density at radius 2 is 2.00 bits per heavy atom. The van der Waals surface area contributed by atoms with Gasteiger partial charge in [-0.15, -0.1) is 0 Å². The van der Waals surface area contributed by atoms with Crippen LogP contribution in [0, 0.1) is 5.92 Å². The van der Waals surface area contributed by atoms with Crippen molar-refractivity contribution in [2.45, 2.75) is 24.0 Å². The van der Waals surface area contributed by atoms with E-state index in [1.807, 2.05) is 0 Å². The molecule has 1 aromatic carbocycles. The molecular weight excluding hydrogens is 248 g/mol. The summed E-state index contributed by atoms with van der Waals surface area (Å²) < 4.78 is 24.3. The first-order valence-corrected chi connectivity index (χ1v) is 6.92. The van der Waals surface area contributed by atoms with Crippen LogP contribution in [0.5, 0.6) is 0 Å². The van der Waals surface area contributed by atoms with Crippen LogP contribution in [0.3, 0.4) is 0 Å². The maximum Gasteiger partial charge on any atom is 0.183 e. The zero-order valence-electron chi connectivity index (χ0n) is 9.22. The number of halogens is 1. The first kappa shape index (κ1) is 13.5. The lowest BCUT2D eigenvalue weighted by atomic mass is 10.1. The van der Waals surface area contributed by atoms with Crippen molar-refractivity contribution in [1.29, 1.82) is 0 Å². The van der Waals surface area contributed by atoms with Gasteiger partial charge >= 0.3 is 0 Å². The molecule has 0 heterocycles. The first-order chi connectivity index (χ1) is 7.39. The minimum absolute atomic E-state index is 0.144. The number of sulfone groups is 1. The van der Waals surface area contributed by atoms with Gasteiger partial charge in [-0.2, -0.15) is 0 Å². The zero-order chi connectivity index (χ0) is 12.3. The van der Waals surface area contributed by atoms with Gasteiger partial charge in [0, 0.05) is 5.02 Å². The summed E-state index contributed by atoms with van der Waals surface area (Å²) >= 11 is 5.75. The van der Waals surface area contributed by atoms with Crippen molar-refractivity contribution < 1.29 is 13.5 Å². The molecule has 1 rings (SSSR count). The third-order valence-corrected chi connectivity index (χ3v) is 5.08. The molecule has 3 nitrogen and oxygen atoms in total. The Kier molecular flexibility index (Phi) is 4.35. The Bertz CT molecular complexity index is 454. The van der Waals surface area contributed by atoms with Gasteiger partial charge in [0.25, 0.3) is 0 Å². The van der Waals surface area contributed by atoms with E-state index < -0.39 is 15.1 Å². The summed E-state index contributed by atoms with van der Waals surface area (Å²) in [6.45, 7) is 3.15. The van der Waals surface area contributed by atoms with Gasteiger partial charge in [-0.1, -0.05) is 31.5 Å². The molecule has 0 bridgehead atoms. The second kappa shape index (κ2) is 5.17. The third-order valence-electron chi connectivity index (χ3n) is 2.45. The van der Waals surface area contributed by atoms with E-state index in [9.17, 15) is 8.42 Å². The van der Waals surface area contributed by atoms with E-state index >= 15 is 0 Å². The van der Waals surface area contributed by atoms with Gasteiger partial charge in [-0.25, -0.2) is 8.42 Å². The van der Waals surface area contributed by atoms with E-state index in [-0.39, 0.29) is 17.4 Å². The molecule has 0 saturated carbocycles. The largest absolute Gasteiger partial charge is 0.395 e. The second-order valence-electron chi connectivity index (χ2n) is 3.97.